The van der Waals surface area contributed by atoms with Crippen LogP contribution in [0.5, 0.6) is 6.01 Å². The quantitative estimate of drug-likeness (QED) is 0.114. The van der Waals surface area contributed by atoms with E-state index in [1.54, 1.807) is 70.7 Å². The minimum atomic E-state index is -4.51. The number of hydrogen-bond donors (Lipinski definition) is 2. The minimum Gasteiger partial charge on any atom is -0.462 e. The second kappa shape index (κ2) is 17.0. The van der Waals surface area contributed by atoms with Crippen LogP contribution in [0.2, 0.25) is 0 Å². The van der Waals surface area contributed by atoms with Crippen molar-refractivity contribution in [2.75, 3.05) is 43.0 Å². The van der Waals surface area contributed by atoms with Crippen molar-refractivity contribution < 1.29 is 50.3 Å². The van der Waals surface area contributed by atoms with E-state index in [4.69, 9.17) is 25.6 Å². The number of amides is 3. The van der Waals surface area contributed by atoms with Crippen LogP contribution in [-0.4, -0.2) is 112 Å². The molecule has 66 heavy (non-hydrogen) atoms. The summed E-state index contributed by atoms with van der Waals surface area (Å²) >= 11 is 0. The molecule has 19 heteroatoms. The van der Waals surface area contributed by atoms with Crippen LogP contribution in [0.3, 0.4) is 0 Å². The summed E-state index contributed by atoms with van der Waals surface area (Å²) in [6.45, 7) is 10.6. The van der Waals surface area contributed by atoms with E-state index in [1.807, 2.05) is 4.90 Å². The van der Waals surface area contributed by atoms with Gasteiger partial charge < -0.3 is 29.3 Å². The van der Waals surface area contributed by atoms with Gasteiger partial charge >= 0.3 is 18.2 Å². The third kappa shape index (κ3) is 9.11. The van der Waals surface area contributed by atoms with Crippen LogP contribution in [0.4, 0.5) is 29.9 Å². The molecule has 2 aromatic heterocycles. The second-order valence-electron chi connectivity index (χ2n) is 18.8. The molecule has 3 amide bonds. The normalized spacial score (nSPS) is 19.8. The predicted octanol–water partition coefficient (Wildman–Crippen LogP) is 7.58. The van der Waals surface area contributed by atoms with Gasteiger partial charge in [-0.25, -0.2) is 18.4 Å². The number of benzene rings is 3. The molecule has 346 valence electrons. The first-order chi connectivity index (χ1) is 31.0. The molecule has 0 spiro atoms. The van der Waals surface area contributed by atoms with Gasteiger partial charge in [-0.2, -0.15) is 18.4 Å². The SMILES string of the molecule is C#Cc1c(F)ccc2cccc(-c3ncc4c(N5CC6CCC(C5)N6C(=O)OC(C)(C)C)nc(OCC5(C(=O)Nc6ccc(S(=O)(=O)O)cc6)CCN(C(=O)OC(C)(C)C)C5)nc4c3F)c12. The van der Waals surface area contributed by atoms with Gasteiger partial charge in [0, 0.05) is 49.0 Å². The van der Waals surface area contributed by atoms with Gasteiger partial charge in [-0.3, -0.25) is 19.2 Å². The van der Waals surface area contributed by atoms with E-state index >= 15 is 8.78 Å². The first-order valence-corrected chi connectivity index (χ1v) is 22.8. The standard InChI is InChI=1S/C47H49F2N7O9S/c1-8-32-35(48)19-12-27-10-9-11-33(36(27)32)38-37(49)39-34(22-50-38)40(55-23-29-15-16-30(24-55)56(29)44(59)65-46(5,6)7)53-42(52-39)63-26-47(20-21-54(25-47)43(58)64-45(2,3)4)41(57)51-28-13-17-31(18-14-28)66(60,61)62/h1,9-14,17-19,22,29-30H,15-16,20-21,23-26H2,2-7H3,(H,51,57)(H,60,61,62). The molecule has 3 atom stereocenters. The Bertz CT molecular complexity index is 2920. The van der Waals surface area contributed by atoms with Crippen molar-refractivity contribution in [2.24, 2.45) is 5.41 Å². The van der Waals surface area contributed by atoms with Crippen LogP contribution in [0.15, 0.2) is 65.7 Å². The molecule has 3 aliphatic heterocycles. The molecule has 3 unspecified atom stereocenters. The summed E-state index contributed by atoms with van der Waals surface area (Å²) in [5, 5.41) is 3.83. The van der Waals surface area contributed by atoms with Gasteiger partial charge in [0.05, 0.1) is 27.9 Å². The molecular formula is C47H49F2N7O9S. The van der Waals surface area contributed by atoms with Crippen molar-refractivity contribution in [3.8, 4) is 29.6 Å². The molecular weight excluding hydrogens is 877 g/mol. The fraction of sp³-hybridized carbons (Fsp3) is 0.404. The highest BCUT2D eigenvalue weighted by Crippen LogP contribution is 2.40. The molecule has 0 saturated carbocycles. The number of anilines is 2. The number of nitrogens with one attached hydrogen (secondary N) is 1. The highest BCUT2D eigenvalue weighted by atomic mass is 32.2. The molecule has 0 radical (unpaired) electrons. The second-order valence-corrected chi connectivity index (χ2v) is 20.3. The van der Waals surface area contributed by atoms with Gasteiger partial charge in [0.1, 0.15) is 46.1 Å². The number of aromatic nitrogens is 3. The third-order valence-corrected chi connectivity index (χ3v) is 12.7. The van der Waals surface area contributed by atoms with Crippen molar-refractivity contribution in [3.63, 3.8) is 0 Å². The number of likely N-dealkylation sites (tertiary alicyclic amines) is 1. The summed E-state index contributed by atoms with van der Waals surface area (Å²) in [5.41, 5.74) is -3.05. The minimum absolute atomic E-state index is 0.0648. The largest absolute Gasteiger partial charge is 0.462 e. The van der Waals surface area contributed by atoms with Gasteiger partial charge in [0.15, 0.2) is 5.82 Å². The molecule has 3 aliphatic rings. The van der Waals surface area contributed by atoms with Crippen molar-refractivity contribution in [1.82, 2.24) is 24.8 Å². The number of terminal acetylenes is 1. The maximum atomic E-state index is 17.4. The Morgan fingerprint density at radius 1 is 0.939 bits per heavy atom. The number of ether oxygens (including phenoxy) is 3. The van der Waals surface area contributed by atoms with Gasteiger partial charge in [-0.05, 0) is 96.5 Å². The van der Waals surface area contributed by atoms with Crippen LogP contribution in [-0.2, 0) is 24.4 Å². The van der Waals surface area contributed by atoms with E-state index in [1.165, 1.54) is 29.3 Å². The van der Waals surface area contributed by atoms with Crippen molar-refractivity contribution in [1.29, 1.82) is 0 Å². The van der Waals surface area contributed by atoms with E-state index < -0.39 is 63.1 Å². The number of hydrogen-bond acceptors (Lipinski definition) is 12. The van der Waals surface area contributed by atoms with E-state index in [-0.39, 0.29) is 87.1 Å². The number of nitrogens with zero attached hydrogens (tertiary/aromatic N) is 6. The lowest BCUT2D eigenvalue weighted by Gasteiger charge is -2.42. The van der Waals surface area contributed by atoms with Crippen molar-refractivity contribution in [3.05, 3.63) is 78.0 Å². The lowest BCUT2D eigenvalue weighted by atomic mass is 9.87. The average Bonchev–Trinajstić information content (AvgIpc) is 3.80. The van der Waals surface area contributed by atoms with Crippen LogP contribution in [0, 0.1) is 29.4 Å². The maximum absolute atomic E-state index is 17.4. The number of carbonyl (C=O) groups excluding carboxylic acids is 3. The molecule has 3 fully saturated rings. The number of fused-ring (bicyclic) bond motifs is 4. The molecule has 2 bridgehead atoms. The Hall–Kier alpha value is -6.65. The molecule has 16 nitrogen and oxygen atoms in total. The van der Waals surface area contributed by atoms with E-state index in [2.05, 4.69) is 21.2 Å². The number of piperazine rings is 1. The van der Waals surface area contributed by atoms with Crippen LogP contribution in [0.1, 0.15) is 66.4 Å². The van der Waals surface area contributed by atoms with Crippen molar-refractivity contribution in [2.45, 2.75) is 89.0 Å². The summed E-state index contributed by atoms with van der Waals surface area (Å²) in [6, 6.07) is 11.8. The molecule has 2 N–H and O–H groups in total. The van der Waals surface area contributed by atoms with E-state index in [9.17, 15) is 27.4 Å². The molecule has 0 aliphatic carbocycles. The first-order valence-electron chi connectivity index (χ1n) is 21.3. The number of halogens is 2. The lowest BCUT2D eigenvalue weighted by molar-refractivity contribution is -0.126. The Morgan fingerprint density at radius 3 is 2.24 bits per heavy atom. The summed E-state index contributed by atoms with van der Waals surface area (Å²) in [7, 11) is -4.51. The Morgan fingerprint density at radius 2 is 1.61 bits per heavy atom. The zero-order chi connectivity index (χ0) is 47.5. The molecule has 5 heterocycles. The fourth-order valence-corrected chi connectivity index (χ4v) is 9.28. The number of rotatable bonds is 8. The first kappa shape index (κ1) is 45.9. The highest BCUT2D eigenvalue weighted by molar-refractivity contribution is 7.85. The number of pyridine rings is 1. The van der Waals surface area contributed by atoms with Crippen molar-refractivity contribution >= 4 is 61.4 Å². The topological polar surface area (TPSA) is 194 Å². The smallest absolute Gasteiger partial charge is 0.410 e. The van der Waals surface area contributed by atoms with E-state index in [0.717, 1.165) is 12.1 Å². The summed E-state index contributed by atoms with van der Waals surface area (Å²) in [6.07, 6.45) is 7.55. The predicted molar refractivity (Wildman–Crippen MR) is 240 cm³/mol. The molecule has 8 rings (SSSR count). The Balaban J connectivity index is 1.20. The van der Waals surface area contributed by atoms with Gasteiger partial charge in [0.25, 0.3) is 10.1 Å². The summed E-state index contributed by atoms with van der Waals surface area (Å²) < 4.78 is 83.1. The summed E-state index contributed by atoms with van der Waals surface area (Å²) in [5.74, 6) is 0.496. The highest BCUT2D eigenvalue weighted by Gasteiger charge is 2.49. The maximum Gasteiger partial charge on any atom is 0.410 e. The fourth-order valence-electron chi connectivity index (χ4n) is 8.80. The molecule has 3 saturated heterocycles. The van der Waals surface area contributed by atoms with Crippen LogP contribution < -0.4 is 15.0 Å². The number of carbonyl (C=O) groups is 3. The Labute approximate surface area is 380 Å². The van der Waals surface area contributed by atoms with Gasteiger partial charge in [-0.15, -0.1) is 6.42 Å². The zero-order valence-electron chi connectivity index (χ0n) is 37.2. The summed E-state index contributed by atoms with van der Waals surface area (Å²) in [4.78, 5) is 59.7. The zero-order valence-corrected chi connectivity index (χ0v) is 38.0. The average molecular weight is 926 g/mol. The van der Waals surface area contributed by atoms with E-state index in [0.29, 0.717) is 31.3 Å². The van der Waals surface area contributed by atoms with Crippen LogP contribution in [0.25, 0.3) is 32.9 Å². The monoisotopic (exact) mass is 925 g/mol. The van der Waals surface area contributed by atoms with Gasteiger partial charge in [-0.1, -0.05) is 30.2 Å². The van der Waals surface area contributed by atoms with Gasteiger partial charge in [0.2, 0.25) is 5.91 Å². The van der Waals surface area contributed by atoms with Crippen LogP contribution >= 0.6 is 0 Å². The lowest BCUT2D eigenvalue weighted by Crippen LogP contribution is -2.57. The third-order valence-electron chi connectivity index (χ3n) is 11.8. The Kier molecular flexibility index (Phi) is 11.8. The molecule has 5 aromatic rings. The molecule has 3 aromatic carbocycles.